The second-order valence-electron chi connectivity index (χ2n) is 6.41. The smallest absolute Gasteiger partial charge is 0.240 e. The van der Waals surface area contributed by atoms with Crippen LogP contribution >= 0.6 is 0 Å². The minimum absolute atomic E-state index is 0.00648. The van der Waals surface area contributed by atoms with Gasteiger partial charge in [-0.2, -0.15) is 9.98 Å². The molecule has 32 heavy (non-hydrogen) atoms. The second kappa shape index (κ2) is 12.3. The number of aliphatic hydroxyl groups is 2. The predicted octanol–water partition coefficient (Wildman–Crippen LogP) is 1.44. The Balaban J connectivity index is 2.30. The van der Waals surface area contributed by atoms with Crippen molar-refractivity contribution in [2.75, 3.05) is 33.0 Å². The highest BCUT2D eigenvalue weighted by Gasteiger charge is 2.45. The first-order chi connectivity index (χ1) is 15.5. The molecule has 166 valence electrons. The second-order valence-corrected chi connectivity index (χ2v) is 6.41. The molecule has 0 saturated heterocycles. The quantitative estimate of drug-likeness (QED) is 0.156. The van der Waals surface area contributed by atoms with Crippen molar-refractivity contribution in [2.45, 2.75) is 5.60 Å². The number of ether oxygens (including phenoxy) is 2. The van der Waals surface area contributed by atoms with Crippen LogP contribution in [0, 0.1) is 0 Å². The van der Waals surface area contributed by atoms with Gasteiger partial charge in [-0.1, -0.05) is 0 Å². The maximum atomic E-state index is 13.1. The minimum atomic E-state index is -2.57. The lowest BCUT2D eigenvalue weighted by Crippen LogP contribution is -2.51. The van der Waals surface area contributed by atoms with Crippen LogP contribution < -0.4 is 0 Å². The summed E-state index contributed by atoms with van der Waals surface area (Å²) < 4.78 is 10.4. The SMILES string of the molecule is O=C=Nc1ccc(C(=O)C(O)(COCCOCCO)C(=O)c2ccc(N=C=O)cc2)cc1. The van der Waals surface area contributed by atoms with Gasteiger partial charge in [0.05, 0.1) is 44.4 Å². The molecule has 0 bridgehead atoms. The summed E-state index contributed by atoms with van der Waals surface area (Å²) in [7, 11) is 0. The number of rotatable bonds is 13. The van der Waals surface area contributed by atoms with Crippen molar-refractivity contribution < 1.29 is 38.9 Å². The first-order valence-electron chi connectivity index (χ1n) is 9.40. The molecule has 0 atom stereocenters. The van der Waals surface area contributed by atoms with E-state index in [9.17, 15) is 24.3 Å². The average Bonchev–Trinajstić information content (AvgIpc) is 2.81. The molecule has 0 fully saturated rings. The van der Waals surface area contributed by atoms with E-state index in [0.29, 0.717) is 0 Å². The zero-order chi connectivity index (χ0) is 23.4. The number of carbonyl (C=O) groups is 2. The van der Waals surface area contributed by atoms with E-state index >= 15 is 0 Å². The molecule has 0 aliphatic rings. The molecule has 0 radical (unpaired) electrons. The fourth-order valence-electron chi connectivity index (χ4n) is 2.70. The lowest BCUT2D eigenvalue weighted by molar-refractivity contribution is -0.0310. The highest BCUT2D eigenvalue weighted by atomic mass is 16.5. The predicted molar refractivity (Wildman–Crippen MR) is 111 cm³/mol. The highest BCUT2D eigenvalue weighted by molar-refractivity contribution is 6.22. The van der Waals surface area contributed by atoms with Crippen LogP contribution in [-0.4, -0.2) is 72.6 Å². The van der Waals surface area contributed by atoms with Gasteiger partial charge in [-0.3, -0.25) is 9.59 Å². The molecule has 0 aromatic heterocycles. The molecule has 0 aliphatic carbocycles. The third-order valence-electron chi connectivity index (χ3n) is 4.28. The summed E-state index contributed by atoms with van der Waals surface area (Å²) >= 11 is 0. The molecule has 2 N–H and O–H groups in total. The van der Waals surface area contributed by atoms with Crippen LogP contribution in [0.1, 0.15) is 20.7 Å². The number of aliphatic imine (C=N–C) groups is 2. The largest absolute Gasteiger partial charge is 0.394 e. The Bertz CT molecular complexity index is 947. The maximum absolute atomic E-state index is 13.1. The summed E-state index contributed by atoms with van der Waals surface area (Å²) in [4.78, 5) is 53.8. The van der Waals surface area contributed by atoms with Crippen LogP contribution in [-0.2, 0) is 19.1 Å². The van der Waals surface area contributed by atoms with E-state index in [1.54, 1.807) is 0 Å². The molecule has 0 heterocycles. The van der Waals surface area contributed by atoms with Gasteiger partial charge in [0.15, 0.2) is 0 Å². The van der Waals surface area contributed by atoms with Crippen molar-refractivity contribution in [3.8, 4) is 0 Å². The Kier molecular flexibility index (Phi) is 9.46. The molecule has 2 aromatic carbocycles. The molecule has 0 spiro atoms. The van der Waals surface area contributed by atoms with Crippen LogP contribution in [0.15, 0.2) is 58.5 Å². The number of isocyanates is 2. The van der Waals surface area contributed by atoms with Gasteiger partial charge in [0, 0.05) is 11.1 Å². The standard InChI is InChI=1S/C22H20N2O8/c25-9-10-31-11-12-32-13-22(30,20(28)16-1-5-18(6-2-16)23-14-26)21(29)17-3-7-19(8-4-17)24-15-27/h1-8,25,30H,9-13H2. The van der Waals surface area contributed by atoms with E-state index in [0.717, 1.165) is 0 Å². The molecule has 2 aromatic rings. The Labute approximate surface area is 182 Å². The van der Waals surface area contributed by atoms with Crippen LogP contribution in [0.3, 0.4) is 0 Å². The zero-order valence-corrected chi connectivity index (χ0v) is 16.9. The number of aliphatic hydroxyl groups excluding tert-OH is 1. The van der Waals surface area contributed by atoms with Crippen molar-refractivity contribution >= 4 is 35.1 Å². The summed E-state index contributed by atoms with van der Waals surface area (Å²) in [6, 6.07) is 10.7. The summed E-state index contributed by atoms with van der Waals surface area (Å²) in [5.41, 5.74) is -2.09. The number of benzene rings is 2. The summed E-state index contributed by atoms with van der Waals surface area (Å²) in [6.07, 6.45) is 2.74. The normalized spacial score (nSPS) is 12.2. The summed E-state index contributed by atoms with van der Waals surface area (Å²) in [5.74, 6) is -1.84. The number of nitrogens with zero attached hydrogens (tertiary/aromatic N) is 2. The van der Waals surface area contributed by atoms with Gasteiger partial charge in [0.2, 0.25) is 29.3 Å². The number of Topliss-reactive ketones (excluding diaryl/α,β-unsaturated/α-hetero) is 2. The lowest BCUT2D eigenvalue weighted by atomic mass is 9.86. The van der Waals surface area contributed by atoms with Gasteiger partial charge in [-0.25, -0.2) is 9.59 Å². The fraction of sp³-hybridized carbons (Fsp3) is 0.273. The van der Waals surface area contributed by atoms with E-state index in [4.69, 9.17) is 14.6 Å². The van der Waals surface area contributed by atoms with Crippen LogP contribution in [0.2, 0.25) is 0 Å². The molecule has 2 rings (SSSR count). The third kappa shape index (κ3) is 6.44. The monoisotopic (exact) mass is 440 g/mol. The Morgan fingerprint density at radius 3 is 1.62 bits per heavy atom. The van der Waals surface area contributed by atoms with Crippen molar-refractivity contribution in [1.82, 2.24) is 0 Å². The van der Waals surface area contributed by atoms with E-state index < -0.39 is 23.8 Å². The molecule has 0 aliphatic heterocycles. The van der Waals surface area contributed by atoms with Gasteiger partial charge in [-0.15, -0.1) is 0 Å². The van der Waals surface area contributed by atoms with Crippen LogP contribution in [0.4, 0.5) is 11.4 Å². The Morgan fingerprint density at radius 2 is 1.22 bits per heavy atom. The average molecular weight is 440 g/mol. The Hall–Kier alpha value is -3.62. The van der Waals surface area contributed by atoms with E-state index in [1.807, 2.05) is 0 Å². The van der Waals surface area contributed by atoms with Gasteiger partial charge in [-0.05, 0) is 48.5 Å². The first kappa shape index (κ1) is 24.6. The molecule has 10 nitrogen and oxygen atoms in total. The van der Waals surface area contributed by atoms with Crippen molar-refractivity contribution in [1.29, 1.82) is 0 Å². The van der Waals surface area contributed by atoms with Gasteiger partial charge in [0.25, 0.3) is 0 Å². The van der Waals surface area contributed by atoms with E-state index in [-0.39, 0.29) is 48.9 Å². The molecular formula is C22H20N2O8. The van der Waals surface area contributed by atoms with Crippen molar-refractivity contribution in [2.24, 2.45) is 9.98 Å². The van der Waals surface area contributed by atoms with Gasteiger partial charge < -0.3 is 19.7 Å². The zero-order valence-electron chi connectivity index (χ0n) is 16.9. The number of hydrogen-bond donors (Lipinski definition) is 2. The van der Waals surface area contributed by atoms with Crippen molar-refractivity contribution in [3.63, 3.8) is 0 Å². The summed E-state index contributed by atoms with van der Waals surface area (Å²) in [5, 5.41) is 19.8. The Morgan fingerprint density at radius 1 is 0.781 bits per heavy atom. The molecule has 10 heteroatoms. The topological polar surface area (TPSA) is 152 Å². The first-order valence-corrected chi connectivity index (χ1v) is 9.40. The number of hydrogen-bond acceptors (Lipinski definition) is 10. The van der Waals surface area contributed by atoms with Crippen LogP contribution in [0.5, 0.6) is 0 Å². The fourth-order valence-corrected chi connectivity index (χ4v) is 2.70. The van der Waals surface area contributed by atoms with Crippen LogP contribution in [0.25, 0.3) is 0 Å². The molecular weight excluding hydrogens is 420 g/mol. The molecule has 0 saturated carbocycles. The molecule has 0 unspecified atom stereocenters. The van der Waals surface area contributed by atoms with Gasteiger partial charge >= 0.3 is 0 Å². The maximum Gasteiger partial charge on any atom is 0.240 e. The number of carbonyl (C=O) groups excluding carboxylic acids is 4. The van der Waals surface area contributed by atoms with E-state index in [2.05, 4.69) is 9.98 Å². The number of ketones is 2. The molecule has 0 amide bonds. The van der Waals surface area contributed by atoms with Gasteiger partial charge in [0.1, 0.15) is 0 Å². The van der Waals surface area contributed by atoms with E-state index in [1.165, 1.54) is 60.7 Å². The third-order valence-corrected chi connectivity index (χ3v) is 4.28. The highest BCUT2D eigenvalue weighted by Crippen LogP contribution is 2.23. The lowest BCUT2D eigenvalue weighted by Gasteiger charge is -2.25. The summed E-state index contributed by atoms with van der Waals surface area (Å²) in [6.45, 7) is -0.694. The minimum Gasteiger partial charge on any atom is -0.394 e. The van der Waals surface area contributed by atoms with Crippen molar-refractivity contribution in [3.05, 3.63) is 59.7 Å².